The third kappa shape index (κ3) is 7.38. The molecule has 1 unspecified atom stereocenters. The van der Waals surface area contributed by atoms with Crippen molar-refractivity contribution in [2.45, 2.75) is 38.3 Å². The lowest BCUT2D eigenvalue weighted by molar-refractivity contribution is 0.223. The van der Waals surface area contributed by atoms with Gasteiger partial charge in [-0.05, 0) is 62.2 Å². The summed E-state index contributed by atoms with van der Waals surface area (Å²) < 4.78 is 42.2. The Hall–Kier alpha value is -2.61. The van der Waals surface area contributed by atoms with Gasteiger partial charge in [0.05, 0.1) is 18.0 Å². The highest BCUT2D eigenvalue weighted by Crippen LogP contribution is 2.17. The molecule has 2 N–H and O–H groups in total. The van der Waals surface area contributed by atoms with Crippen molar-refractivity contribution in [2.75, 3.05) is 19.3 Å². The van der Waals surface area contributed by atoms with E-state index in [1.54, 1.807) is 31.2 Å². The molecule has 0 radical (unpaired) electrons. The van der Waals surface area contributed by atoms with E-state index in [-0.39, 0.29) is 11.9 Å². The fourth-order valence-electron chi connectivity index (χ4n) is 2.77. The zero-order valence-corrected chi connectivity index (χ0v) is 18.0. The van der Waals surface area contributed by atoms with Gasteiger partial charge in [-0.1, -0.05) is 12.1 Å². The monoisotopic (exact) mass is 421 g/mol. The van der Waals surface area contributed by atoms with Crippen LogP contribution >= 0.6 is 0 Å². The first-order chi connectivity index (χ1) is 13.7. The number of aliphatic imine (C=N–C) groups is 1. The summed E-state index contributed by atoms with van der Waals surface area (Å²) in [6, 6.07) is 11.1. The van der Waals surface area contributed by atoms with Crippen molar-refractivity contribution in [1.82, 2.24) is 10.6 Å². The SMILES string of the molecule is CCNC(=NCc1ccc(S(C)(=O)=O)c(C)c1)NCC(C)Oc1ccc(F)cc1. The topological polar surface area (TPSA) is 79.8 Å². The molecule has 0 bridgehead atoms. The molecule has 1 atom stereocenters. The van der Waals surface area contributed by atoms with Gasteiger partial charge in [-0.2, -0.15) is 0 Å². The van der Waals surface area contributed by atoms with Gasteiger partial charge in [0.15, 0.2) is 15.8 Å². The van der Waals surface area contributed by atoms with Gasteiger partial charge in [0.25, 0.3) is 0 Å². The zero-order valence-electron chi connectivity index (χ0n) is 17.2. The molecular weight excluding hydrogens is 393 g/mol. The molecule has 0 aliphatic carbocycles. The van der Waals surface area contributed by atoms with Crippen LogP contribution in [0.4, 0.5) is 4.39 Å². The molecule has 0 saturated heterocycles. The minimum atomic E-state index is -3.23. The minimum Gasteiger partial charge on any atom is -0.489 e. The normalized spacial score (nSPS) is 13.1. The number of guanidine groups is 1. The molecule has 0 aliphatic rings. The van der Waals surface area contributed by atoms with Crippen molar-refractivity contribution >= 4 is 15.8 Å². The highest BCUT2D eigenvalue weighted by atomic mass is 32.2. The van der Waals surface area contributed by atoms with Crippen LogP contribution in [0.15, 0.2) is 52.4 Å². The van der Waals surface area contributed by atoms with E-state index in [1.807, 2.05) is 19.9 Å². The van der Waals surface area contributed by atoms with E-state index < -0.39 is 9.84 Å². The predicted molar refractivity (Wildman–Crippen MR) is 114 cm³/mol. The highest BCUT2D eigenvalue weighted by Gasteiger charge is 2.11. The lowest BCUT2D eigenvalue weighted by Gasteiger charge is -2.17. The average molecular weight is 422 g/mol. The van der Waals surface area contributed by atoms with Gasteiger partial charge >= 0.3 is 0 Å². The number of nitrogens with one attached hydrogen (secondary N) is 2. The first kappa shape index (κ1) is 22.7. The largest absolute Gasteiger partial charge is 0.489 e. The van der Waals surface area contributed by atoms with E-state index in [0.29, 0.717) is 41.8 Å². The van der Waals surface area contributed by atoms with Crippen LogP contribution in [-0.2, 0) is 16.4 Å². The highest BCUT2D eigenvalue weighted by molar-refractivity contribution is 7.90. The van der Waals surface area contributed by atoms with Gasteiger partial charge in [-0.15, -0.1) is 0 Å². The molecule has 2 rings (SSSR count). The molecule has 0 heterocycles. The molecule has 2 aromatic rings. The van der Waals surface area contributed by atoms with Crippen LogP contribution in [0.3, 0.4) is 0 Å². The second kappa shape index (κ2) is 10.2. The third-order valence-corrected chi connectivity index (χ3v) is 5.37. The van der Waals surface area contributed by atoms with Crippen LogP contribution < -0.4 is 15.4 Å². The molecule has 0 amide bonds. The van der Waals surface area contributed by atoms with Crippen LogP contribution in [0.2, 0.25) is 0 Å². The van der Waals surface area contributed by atoms with E-state index >= 15 is 0 Å². The molecule has 29 heavy (non-hydrogen) atoms. The number of hydrogen-bond acceptors (Lipinski definition) is 4. The van der Waals surface area contributed by atoms with Crippen molar-refractivity contribution < 1.29 is 17.5 Å². The summed E-state index contributed by atoms with van der Waals surface area (Å²) >= 11 is 0. The van der Waals surface area contributed by atoms with Crippen LogP contribution in [0.5, 0.6) is 5.75 Å². The van der Waals surface area contributed by atoms with Gasteiger partial charge in [0.2, 0.25) is 0 Å². The molecule has 0 aliphatic heterocycles. The van der Waals surface area contributed by atoms with Gasteiger partial charge in [0, 0.05) is 12.8 Å². The molecule has 6 nitrogen and oxygen atoms in total. The lowest BCUT2D eigenvalue weighted by Crippen LogP contribution is -2.41. The number of nitrogens with zero attached hydrogens (tertiary/aromatic N) is 1. The predicted octanol–water partition coefficient (Wildman–Crippen LogP) is 3.06. The smallest absolute Gasteiger partial charge is 0.191 e. The second-order valence-electron chi connectivity index (χ2n) is 6.83. The van der Waals surface area contributed by atoms with Crippen LogP contribution in [0.25, 0.3) is 0 Å². The second-order valence-corrected chi connectivity index (χ2v) is 8.81. The fourth-order valence-corrected chi connectivity index (χ4v) is 3.72. The van der Waals surface area contributed by atoms with Crippen LogP contribution in [0, 0.1) is 12.7 Å². The third-order valence-electron chi connectivity index (χ3n) is 4.11. The molecule has 158 valence electrons. The van der Waals surface area contributed by atoms with Crippen LogP contribution in [-0.4, -0.2) is 39.8 Å². The van der Waals surface area contributed by atoms with Crippen molar-refractivity contribution in [3.63, 3.8) is 0 Å². The van der Waals surface area contributed by atoms with Crippen molar-refractivity contribution in [2.24, 2.45) is 4.99 Å². The van der Waals surface area contributed by atoms with E-state index in [9.17, 15) is 12.8 Å². The summed E-state index contributed by atoms with van der Waals surface area (Å²) in [6.45, 7) is 7.28. The number of hydrogen-bond donors (Lipinski definition) is 2. The summed E-state index contributed by atoms with van der Waals surface area (Å²) in [7, 11) is -3.23. The summed E-state index contributed by atoms with van der Waals surface area (Å²) in [5.74, 6) is 0.931. The maximum atomic E-state index is 13.0. The lowest BCUT2D eigenvalue weighted by atomic mass is 10.1. The van der Waals surface area contributed by atoms with E-state index in [4.69, 9.17) is 4.74 Å². The van der Waals surface area contributed by atoms with Gasteiger partial charge in [-0.3, -0.25) is 0 Å². The number of rotatable bonds is 8. The van der Waals surface area contributed by atoms with Crippen molar-refractivity contribution in [3.05, 3.63) is 59.4 Å². The van der Waals surface area contributed by atoms with E-state index in [0.717, 1.165) is 5.56 Å². The van der Waals surface area contributed by atoms with E-state index in [2.05, 4.69) is 15.6 Å². The summed E-state index contributed by atoms with van der Waals surface area (Å²) in [5.41, 5.74) is 1.63. The number of sulfone groups is 1. The Kier molecular flexibility index (Phi) is 8.01. The Morgan fingerprint density at radius 3 is 2.45 bits per heavy atom. The first-order valence-corrected chi connectivity index (χ1v) is 11.3. The molecule has 0 fully saturated rings. The number of halogens is 1. The molecule has 0 spiro atoms. The van der Waals surface area contributed by atoms with Gasteiger partial charge in [0.1, 0.15) is 17.7 Å². The Morgan fingerprint density at radius 2 is 1.86 bits per heavy atom. The zero-order chi connectivity index (χ0) is 21.4. The number of benzene rings is 2. The number of aryl methyl sites for hydroxylation is 1. The fraction of sp³-hybridized carbons (Fsp3) is 0.381. The Balaban J connectivity index is 1.97. The molecule has 2 aromatic carbocycles. The molecule has 0 aromatic heterocycles. The Bertz CT molecular complexity index is 944. The Labute approximate surface area is 172 Å². The first-order valence-electron chi connectivity index (χ1n) is 9.43. The van der Waals surface area contributed by atoms with Crippen LogP contribution in [0.1, 0.15) is 25.0 Å². The molecular formula is C21H28FN3O3S. The Morgan fingerprint density at radius 1 is 1.17 bits per heavy atom. The summed E-state index contributed by atoms with van der Waals surface area (Å²) in [6.07, 6.45) is 1.05. The quantitative estimate of drug-likeness (QED) is 0.506. The van der Waals surface area contributed by atoms with E-state index in [1.165, 1.54) is 18.4 Å². The minimum absolute atomic E-state index is 0.152. The standard InChI is InChI=1S/C21H28FN3O3S/c1-5-23-21(24-13-16(3)28-19-9-7-18(22)8-10-19)25-14-17-6-11-20(15(2)12-17)29(4,26)27/h6-12,16H,5,13-14H2,1-4H3,(H2,23,24,25). The van der Waals surface area contributed by atoms with Crippen molar-refractivity contribution in [1.29, 1.82) is 0 Å². The van der Waals surface area contributed by atoms with Gasteiger partial charge in [-0.25, -0.2) is 17.8 Å². The number of ether oxygens (including phenoxy) is 1. The maximum absolute atomic E-state index is 13.0. The average Bonchev–Trinajstić information content (AvgIpc) is 2.65. The van der Waals surface area contributed by atoms with Crippen molar-refractivity contribution in [3.8, 4) is 5.75 Å². The maximum Gasteiger partial charge on any atom is 0.191 e. The van der Waals surface area contributed by atoms with Gasteiger partial charge < -0.3 is 15.4 Å². The summed E-state index contributed by atoms with van der Waals surface area (Å²) in [5, 5.41) is 6.38. The molecule has 8 heteroatoms. The summed E-state index contributed by atoms with van der Waals surface area (Å²) in [4.78, 5) is 4.88. The molecule has 0 saturated carbocycles.